The SMILES string of the molecule is COc1cc(C)cc(-c2nccn2CCCc2cccnc2)c1OC.O=CO. The van der Waals surface area contributed by atoms with Crippen molar-refractivity contribution >= 4 is 6.47 Å². The Balaban J connectivity index is 0.000000878. The first-order valence-electron chi connectivity index (χ1n) is 8.85. The molecular weight excluding hydrogens is 358 g/mol. The average Bonchev–Trinajstić information content (AvgIpc) is 3.17. The molecule has 0 atom stereocenters. The quantitative estimate of drug-likeness (QED) is 0.627. The van der Waals surface area contributed by atoms with E-state index < -0.39 is 0 Å². The van der Waals surface area contributed by atoms with E-state index in [1.807, 2.05) is 37.6 Å². The lowest BCUT2D eigenvalue weighted by Crippen LogP contribution is -2.03. The summed E-state index contributed by atoms with van der Waals surface area (Å²) in [7, 11) is 3.31. The molecule has 0 fully saturated rings. The third kappa shape index (κ3) is 5.33. The largest absolute Gasteiger partial charge is 0.493 e. The minimum atomic E-state index is -0.250. The standard InChI is InChI=1S/C20H23N3O2.CH2O2/c1-15-12-17(19(25-3)18(13-15)24-2)20-22-9-11-23(20)10-5-7-16-6-4-8-21-14-16;2-1-3/h4,6,8-9,11-14H,5,7,10H2,1-3H3;1H,(H,2,3). The molecule has 2 heterocycles. The van der Waals surface area contributed by atoms with Crippen molar-refractivity contribution in [2.45, 2.75) is 26.3 Å². The van der Waals surface area contributed by atoms with Crippen LogP contribution >= 0.6 is 0 Å². The Morgan fingerprint density at radius 1 is 1.21 bits per heavy atom. The summed E-state index contributed by atoms with van der Waals surface area (Å²) in [4.78, 5) is 17.1. The summed E-state index contributed by atoms with van der Waals surface area (Å²) in [6.45, 7) is 2.67. The predicted octanol–water partition coefficient (Wildman–Crippen LogP) is 3.60. The molecule has 0 aliphatic carbocycles. The number of pyridine rings is 1. The van der Waals surface area contributed by atoms with E-state index in [9.17, 15) is 0 Å². The number of aromatic nitrogens is 3. The van der Waals surface area contributed by atoms with Crippen LogP contribution in [0.5, 0.6) is 11.5 Å². The van der Waals surface area contributed by atoms with E-state index in [0.29, 0.717) is 5.75 Å². The fourth-order valence-electron chi connectivity index (χ4n) is 3.00. The zero-order valence-electron chi connectivity index (χ0n) is 16.3. The summed E-state index contributed by atoms with van der Waals surface area (Å²) < 4.78 is 13.2. The Labute approximate surface area is 164 Å². The van der Waals surface area contributed by atoms with Crippen LogP contribution in [-0.4, -0.2) is 40.3 Å². The lowest BCUT2D eigenvalue weighted by molar-refractivity contribution is -0.122. The molecule has 0 saturated carbocycles. The molecule has 7 heteroatoms. The summed E-state index contributed by atoms with van der Waals surface area (Å²) in [5.74, 6) is 2.33. The van der Waals surface area contributed by atoms with Crippen LogP contribution in [0.25, 0.3) is 11.4 Å². The predicted molar refractivity (Wildman–Crippen MR) is 107 cm³/mol. The fraction of sp³-hybridized carbons (Fsp3) is 0.286. The summed E-state index contributed by atoms with van der Waals surface area (Å²) in [5.41, 5.74) is 3.31. The molecule has 0 aliphatic rings. The molecule has 148 valence electrons. The first-order chi connectivity index (χ1) is 13.6. The number of hydrogen-bond acceptors (Lipinski definition) is 5. The number of nitrogens with zero attached hydrogens (tertiary/aromatic N) is 3. The molecule has 3 aromatic rings. The van der Waals surface area contributed by atoms with Crippen molar-refractivity contribution in [1.82, 2.24) is 14.5 Å². The Morgan fingerprint density at radius 3 is 2.64 bits per heavy atom. The van der Waals surface area contributed by atoms with Gasteiger partial charge in [0.1, 0.15) is 5.82 Å². The van der Waals surface area contributed by atoms with E-state index in [2.05, 4.69) is 26.7 Å². The van der Waals surface area contributed by atoms with Gasteiger partial charge in [0.2, 0.25) is 0 Å². The Kier molecular flexibility index (Phi) is 8.02. The monoisotopic (exact) mass is 383 g/mol. The highest BCUT2D eigenvalue weighted by molar-refractivity contribution is 5.70. The molecule has 7 nitrogen and oxygen atoms in total. The second-order valence-corrected chi connectivity index (χ2v) is 6.06. The lowest BCUT2D eigenvalue weighted by atomic mass is 10.1. The Bertz CT molecular complexity index is 879. The number of benzene rings is 1. The maximum atomic E-state index is 8.36. The molecule has 0 spiro atoms. The first kappa shape index (κ1) is 21.0. The molecule has 2 aromatic heterocycles. The second-order valence-electron chi connectivity index (χ2n) is 6.06. The van der Waals surface area contributed by atoms with Gasteiger partial charge in [0.05, 0.1) is 19.8 Å². The molecule has 1 N–H and O–H groups in total. The summed E-state index contributed by atoms with van der Waals surface area (Å²) in [5, 5.41) is 6.89. The van der Waals surface area contributed by atoms with E-state index >= 15 is 0 Å². The molecular formula is C21H25N3O4. The van der Waals surface area contributed by atoms with Crippen LogP contribution < -0.4 is 9.47 Å². The highest BCUT2D eigenvalue weighted by atomic mass is 16.5. The Hall–Kier alpha value is -3.35. The zero-order chi connectivity index (χ0) is 20.4. The number of hydrogen-bond donors (Lipinski definition) is 1. The van der Waals surface area contributed by atoms with Crippen molar-refractivity contribution in [2.24, 2.45) is 0 Å². The van der Waals surface area contributed by atoms with Gasteiger partial charge in [-0.1, -0.05) is 6.07 Å². The van der Waals surface area contributed by atoms with Crippen molar-refractivity contribution in [2.75, 3.05) is 14.2 Å². The highest BCUT2D eigenvalue weighted by Gasteiger charge is 2.16. The molecule has 28 heavy (non-hydrogen) atoms. The maximum absolute atomic E-state index is 8.36. The van der Waals surface area contributed by atoms with Gasteiger partial charge >= 0.3 is 0 Å². The molecule has 0 unspecified atom stereocenters. The molecule has 0 saturated heterocycles. The number of methoxy groups -OCH3 is 2. The van der Waals surface area contributed by atoms with Crippen LogP contribution in [0.1, 0.15) is 17.5 Å². The number of aryl methyl sites for hydroxylation is 3. The third-order valence-electron chi connectivity index (χ3n) is 4.17. The molecule has 0 aliphatic heterocycles. The van der Waals surface area contributed by atoms with E-state index in [-0.39, 0.29) is 6.47 Å². The number of carbonyl (C=O) groups is 1. The van der Waals surface area contributed by atoms with Gasteiger partial charge in [-0.15, -0.1) is 0 Å². The summed E-state index contributed by atoms with van der Waals surface area (Å²) in [6.07, 6.45) is 9.55. The summed E-state index contributed by atoms with van der Waals surface area (Å²) in [6, 6.07) is 8.14. The van der Waals surface area contributed by atoms with Gasteiger partial charge in [0, 0.05) is 31.3 Å². The van der Waals surface area contributed by atoms with E-state index in [1.54, 1.807) is 20.4 Å². The average molecular weight is 383 g/mol. The van der Waals surface area contributed by atoms with Gasteiger partial charge in [0.25, 0.3) is 6.47 Å². The minimum Gasteiger partial charge on any atom is -0.493 e. The second kappa shape index (κ2) is 10.7. The van der Waals surface area contributed by atoms with Gasteiger partial charge in [-0.05, 0) is 49.1 Å². The number of imidazole rings is 1. The minimum absolute atomic E-state index is 0.250. The number of ether oxygens (including phenoxy) is 2. The molecule has 0 bridgehead atoms. The third-order valence-corrected chi connectivity index (χ3v) is 4.17. The molecule has 3 rings (SSSR count). The maximum Gasteiger partial charge on any atom is 0.290 e. The van der Waals surface area contributed by atoms with Gasteiger partial charge in [0.15, 0.2) is 11.5 Å². The van der Waals surface area contributed by atoms with E-state index in [4.69, 9.17) is 19.4 Å². The van der Waals surface area contributed by atoms with Crippen molar-refractivity contribution in [3.05, 3.63) is 60.2 Å². The van der Waals surface area contributed by atoms with E-state index in [1.165, 1.54) is 5.56 Å². The normalized spacial score (nSPS) is 9.96. The highest BCUT2D eigenvalue weighted by Crippen LogP contribution is 2.38. The van der Waals surface area contributed by atoms with Crippen LogP contribution in [-0.2, 0) is 17.8 Å². The van der Waals surface area contributed by atoms with Crippen LogP contribution in [0.15, 0.2) is 49.1 Å². The number of rotatable bonds is 7. The molecule has 1 aromatic carbocycles. The van der Waals surface area contributed by atoms with Crippen LogP contribution in [0.4, 0.5) is 0 Å². The smallest absolute Gasteiger partial charge is 0.290 e. The van der Waals surface area contributed by atoms with Gasteiger partial charge < -0.3 is 19.1 Å². The van der Waals surface area contributed by atoms with Crippen LogP contribution in [0, 0.1) is 6.92 Å². The topological polar surface area (TPSA) is 86.5 Å². The number of carboxylic acid groups (broad SMARTS) is 1. The fourth-order valence-corrected chi connectivity index (χ4v) is 3.00. The van der Waals surface area contributed by atoms with Gasteiger partial charge in [-0.2, -0.15) is 0 Å². The van der Waals surface area contributed by atoms with Gasteiger partial charge in [-0.25, -0.2) is 4.98 Å². The first-order valence-corrected chi connectivity index (χ1v) is 8.85. The van der Waals surface area contributed by atoms with Crippen LogP contribution in [0.2, 0.25) is 0 Å². The summed E-state index contributed by atoms with van der Waals surface area (Å²) >= 11 is 0. The van der Waals surface area contributed by atoms with Crippen LogP contribution in [0.3, 0.4) is 0 Å². The van der Waals surface area contributed by atoms with Crippen molar-refractivity contribution < 1.29 is 19.4 Å². The van der Waals surface area contributed by atoms with Crippen molar-refractivity contribution in [1.29, 1.82) is 0 Å². The zero-order valence-corrected chi connectivity index (χ0v) is 16.3. The van der Waals surface area contributed by atoms with Gasteiger partial charge in [-0.3, -0.25) is 9.78 Å². The van der Waals surface area contributed by atoms with Crippen molar-refractivity contribution in [3.8, 4) is 22.9 Å². The van der Waals surface area contributed by atoms with E-state index in [0.717, 1.165) is 42.1 Å². The lowest BCUT2D eigenvalue weighted by Gasteiger charge is -2.15. The molecule has 0 amide bonds. The van der Waals surface area contributed by atoms with Crippen molar-refractivity contribution in [3.63, 3.8) is 0 Å². The Morgan fingerprint density at radius 2 is 2.00 bits per heavy atom. The molecule has 0 radical (unpaired) electrons.